The average Bonchev–Trinajstić information content (AvgIpc) is 2.42. The van der Waals surface area contributed by atoms with Crippen LogP contribution in [0, 0.1) is 0 Å². The molecule has 114 valence electrons. The van der Waals surface area contributed by atoms with Gasteiger partial charge in [0.2, 0.25) is 0 Å². The molecule has 1 aromatic rings. The standard InChI is InChI=1S/C14H22N2O3.ClH/c1-4-19-12-7-5-11(6-8-12)10-16(2)14(17)13(9-15)18-3;/h5-8,13H,4,9-10,15H2,1-3H3;1H. The minimum atomic E-state index is -0.576. The Hall–Kier alpha value is -1.30. The molecule has 0 aliphatic rings. The molecule has 0 saturated heterocycles. The summed E-state index contributed by atoms with van der Waals surface area (Å²) in [6.07, 6.45) is -0.576. The number of amides is 1. The Morgan fingerprint density at radius 1 is 1.35 bits per heavy atom. The third kappa shape index (κ3) is 5.36. The van der Waals surface area contributed by atoms with Crippen molar-refractivity contribution < 1.29 is 14.3 Å². The molecule has 6 heteroatoms. The SMILES string of the molecule is CCOc1ccc(CN(C)C(=O)C(CN)OC)cc1.Cl. The number of methoxy groups -OCH3 is 1. The van der Waals surface area contributed by atoms with Crippen molar-refractivity contribution in [3.8, 4) is 5.75 Å². The Morgan fingerprint density at radius 3 is 2.40 bits per heavy atom. The number of carbonyl (C=O) groups excluding carboxylic acids is 1. The van der Waals surface area contributed by atoms with E-state index in [9.17, 15) is 4.79 Å². The Kier molecular flexibility index (Phi) is 8.96. The summed E-state index contributed by atoms with van der Waals surface area (Å²) >= 11 is 0. The third-order valence-electron chi connectivity index (χ3n) is 2.80. The minimum Gasteiger partial charge on any atom is -0.494 e. The summed E-state index contributed by atoms with van der Waals surface area (Å²) in [4.78, 5) is 13.6. The normalized spacial score (nSPS) is 11.4. The summed E-state index contributed by atoms with van der Waals surface area (Å²) in [5, 5.41) is 0. The molecule has 1 atom stereocenters. The van der Waals surface area contributed by atoms with Gasteiger partial charge < -0.3 is 20.1 Å². The molecule has 20 heavy (non-hydrogen) atoms. The van der Waals surface area contributed by atoms with Gasteiger partial charge in [-0.1, -0.05) is 12.1 Å². The maximum Gasteiger partial charge on any atom is 0.253 e. The second-order valence-electron chi connectivity index (χ2n) is 4.23. The number of likely N-dealkylation sites (N-methyl/N-ethyl adjacent to an activating group) is 1. The first-order chi connectivity index (χ1) is 9.12. The van der Waals surface area contributed by atoms with Crippen LogP contribution < -0.4 is 10.5 Å². The van der Waals surface area contributed by atoms with E-state index in [1.165, 1.54) is 7.11 Å². The molecule has 0 bridgehead atoms. The fourth-order valence-corrected chi connectivity index (χ4v) is 1.75. The van der Waals surface area contributed by atoms with Gasteiger partial charge in [-0.05, 0) is 24.6 Å². The van der Waals surface area contributed by atoms with Gasteiger partial charge in [0.15, 0.2) is 0 Å². The van der Waals surface area contributed by atoms with Crippen LogP contribution in [0.3, 0.4) is 0 Å². The first kappa shape index (κ1) is 18.7. The monoisotopic (exact) mass is 302 g/mol. The number of benzene rings is 1. The second-order valence-corrected chi connectivity index (χ2v) is 4.23. The highest BCUT2D eigenvalue weighted by atomic mass is 35.5. The Bertz CT molecular complexity index is 394. The smallest absolute Gasteiger partial charge is 0.253 e. The van der Waals surface area contributed by atoms with Crippen LogP contribution in [-0.4, -0.2) is 44.2 Å². The highest BCUT2D eigenvalue weighted by molar-refractivity contribution is 5.85. The molecular formula is C14H23ClN2O3. The fourth-order valence-electron chi connectivity index (χ4n) is 1.75. The van der Waals surface area contributed by atoms with E-state index in [-0.39, 0.29) is 24.9 Å². The fraction of sp³-hybridized carbons (Fsp3) is 0.500. The molecule has 5 nitrogen and oxygen atoms in total. The number of hydrogen-bond acceptors (Lipinski definition) is 4. The first-order valence-electron chi connectivity index (χ1n) is 6.32. The van der Waals surface area contributed by atoms with Crippen LogP contribution in [0.2, 0.25) is 0 Å². The Labute approximate surface area is 126 Å². The molecule has 0 radical (unpaired) electrons. The predicted octanol–water partition coefficient (Wildman–Crippen LogP) is 1.44. The van der Waals surface area contributed by atoms with Gasteiger partial charge in [0.25, 0.3) is 5.91 Å². The van der Waals surface area contributed by atoms with Crippen molar-refractivity contribution in [1.82, 2.24) is 4.90 Å². The van der Waals surface area contributed by atoms with Gasteiger partial charge in [-0.3, -0.25) is 4.79 Å². The Balaban J connectivity index is 0.00000361. The van der Waals surface area contributed by atoms with Gasteiger partial charge in [-0.15, -0.1) is 12.4 Å². The molecule has 2 N–H and O–H groups in total. The van der Waals surface area contributed by atoms with Crippen LogP contribution >= 0.6 is 12.4 Å². The van der Waals surface area contributed by atoms with Gasteiger partial charge in [0, 0.05) is 27.2 Å². The Morgan fingerprint density at radius 2 is 1.95 bits per heavy atom. The zero-order chi connectivity index (χ0) is 14.3. The van der Waals surface area contributed by atoms with Crippen LogP contribution in [0.25, 0.3) is 0 Å². The van der Waals surface area contributed by atoms with Crippen molar-refractivity contribution in [3.05, 3.63) is 29.8 Å². The number of ether oxygens (including phenoxy) is 2. The van der Waals surface area contributed by atoms with Crippen LogP contribution in [0.15, 0.2) is 24.3 Å². The summed E-state index contributed by atoms with van der Waals surface area (Å²) in [5.41, 5.74) is 6.51. The molecular weight excluding hydrogens is 280 g/mol. The van der Waals surface area contributed by atoms with Crippen molar-refractivity contribution in [3.63, 3.8) is 0 Å². The number of halogens is 1. The largest absolute Gasteiger partial charge is 0.494 e. The summed E-state index contributed by atoms with van der Waals surface area (Å²) in [5.74, 6) is 0.718. The second kappa shape index (κ2) is 9.58. The lowest BCUT2D eigenvalue weighted by atomic mass is 10.2. The van der Waals surface area contributed by atoms with Gasteiger partial charge in [-0.25, -0.2) is 0 Å². The summed E-state index contributed by atoms with van der Waals surface area (Å²) in [6, 6.07) is 7.68. The van der Waals surface area contributed by atoms with Crippen molar-refractivity contribution in [2.45, 2.75) is 19.6 Å². The summed E-state index contributed by atoms with van der Waals surface area (Å²) < 4.78 is 10.4. The number of hydrogen-bond donors (Lipinski definition) is 1. The first-order valence-corrected chi connectivity index (χ1v) is 6.32. The van der Waals surface area contributed by atoms with Crippen molar-refractivity contribution in [1.29, 1.82) is 0 Å². The maximum absolute atomic E-state index is 12.0. The molecule has 1 aromatic carbocycles. The lowest BCUT2D eigenvalue weighted by Gasteiger charge is -2.22. The van der Waals surface area contributed by atoms with E-state index >= 15 is 0 Å². The minimum absolute atomic E-state index is 0. The summed E-state index contributed by atoms with van der Waals surface area (Å²) in [6.45, 7) is 3.29. The maximum atomic E-state index is 12.0. The van der Waals surface area contributed by atoms with Crippen LogP contribution in [0.5, 0.6) is 5.75 Å². The molecule has 0 aliphatic heterocycles. The van der Waals surface area contributed by atoms with E-state index in [0.717, 1.165) is 11.3 Å². The van der Waals surface area contributed by atoms with Gasteiger partial charge in [0.1, 0.15) is 11.9 Å². The van der Waals surface area contributed by atoms with E-state index in [1.54, 1.807) is 11.9 Å². The molecule has 0 fully saturated rings. The van der Waals surface area contributed by atoms with E-state index in [2.05, 4.69) is 0 Å². The molecule has 1 rings (SSSR count). The summed E-state index contributed by atoms with van der Waals surface area (Å²) in [7, 11) is 3.22. The molecule has 1 unspecified atom stereocenters. The molecule has 0 spiro atoms. The molecule has 0 heterocycles. The molecule has 0 saturated carbocycles. The van der Waals surface area contributed by atoms with E-state index in [0.29, 0.717) is 13.2 Å². The molecule has 0 aromatic heterocycles. The van der Waals surface area contributed by atoms with Crippen LogP contribution in [0.4, 0.5) is 0 Å². The zero-order valence-electron chi connectivity index (χ0n) is 12.2. The van der Waals surface area contributed by atoms with Crippen molar-refractivity contribution in [2.24, 2.45) is 5.73 Å². The van der Waals surface area contributed by atoms with Gasteiger partial charge in [-0.2, -0.15) is 0 Å². The topological polar surface area (TPSA) is 64.8 Å². The lowest BCUT2D eigenvalue weighted by Crippen LogP contribution is -2.41. The number of carbonyl (C=O) groups is 1. The number of nitrogens with two attached hydrogens (primary N) is 1. The van der Waals surface area contributed by atoms with Gasteiger partial charge in [0.05, 0.1) is 6.61 Å². The number of rotatable bonds is 7. The van der Waals surface area contributed by atoms with Crippen molar-refractivity contribution in [2.75, 3.05) is 27.3 Å². The van der Waals surface area contributed by atoms with Gasteiger partial charge >= 0.3 is 0 Å². The highest BCUT2D eigenvalue weighted by Gasteiger charge is 2.19. The van der Waals surface area contributed by atoms with E-state index in [1.807, 2.05) is 31.2 Å². The van der Waals surface area contributed by atoms with Crippen molar-refractivity contribution >= 4 is 18.3 Å². The average molecular weight is 303 g/mol. The number of nitrogens with zero attached hydrogens (tertiary/aromatic N) is 1. The molecule has 1 amide bonds. The van der Waals surface area contributed by atoms with E-state index < -0.39 is 6.10 Å². The quantitative estimate of drug-likeness (QED) is 0.828. The van der Waals surface area contributed by atoms with Crippen LogP contribution in [0.1, 0.15) is 12.5 Å². The third-order valence-corrected chi connectivity index (χ3v) is 2.80. The predicted molar refractivity (Wildman–Crippen MR) is 81.2 cm³/mol. The zero-order valence-corrected chi connectivity index (χ0v) is 13.0. The van der Waals surface area contributed by atoms with E-state index in [4.69, 9.17) is 15.2 Å². The molecule has 0 aliphatic carbocycles. The lowest BCUT2D eigenvalue weighted by molar-refractivity contribution is -0.140. The van der Waals surface area contributed by atoms with Crippen LogP contribution in [-0.2, 0) is 16.1 Å². The highest BCUT2D eigenvalue weighted by Crippen LogP contribution is 2.13.